The largest absolute Gasteiger partial charge is 0.322 e. The molecule has 1 amide bonds. The molecule has 0 radical (unpaired) electrons. The Bertz CT molecular complexity index is 1290. The highest BCUT2D eigenvalue weighted by molar-refractivity contribution is 7.89. The molecule has 4 rings (SSSR count). The van der Waals surface area contributed by atoms with Crippen molar-refractivity contribution < 1.29 is 13.2 Å². The maximum atomic E-state index is 13.0. The summed E-state index contributed by atoms with van der Waals surface area (Å²) in [6, 6.07) is 9.43. The van der Waals surface area contributed by atoms with Crippen molar-refractivity contribution in [1.82, 2.24) is 8.87 Å². The van der Waals surface area contributed by atoms with E-state index in [9.17, 15) is 18.0 Å². The number of nitrogens with one attached hydrogen (secondary N) is 1. The summed E-state index contributed by atoms with van der Waals surface area (Å²) in [6.45, 7) is 0.907. The lowest BCUT2D eigenvalue weighted by molar-refractivity contribution is 0.102. The van der Waals surface area contributed by atoms with E-state index in [1.165, 1.54) is 22.5 Å². The zero-order valence-corrected chi connectivity index (χ0v) is 18.6. The highest BCUT2D eigenvalue weighted by atomic mass is 35.5. The third kappa shape index (κ3) is 3.90. The lowest BCUT2D eigenvalue weighted by Gasteiger charge is -2.26. The molecule has 1 saturated heterocycles. The summed E-state index contributed by atoms with van der Waals surface area (Å²) in [5, 5.41) is 2.85. The van der Waals surface area contributed by atoms with Crippen molar-refractivity contribution in [3.63, 3.8) is 0 Å². The van der Waals surface area contributed by atoms with Gasteiger partial charge in [0.15, 0.2) is 0 Å². The Hall–Kier alpha value is -2.20. The Morgan fingerprint density at radius 2 is 1.83 bits per heavy atom. The minimum Gasteiger partial charge on any atom is -0.322 e. The van der Waals surface area contributed by atoms with E-state index in [2.05, 4.69) is 5.32 Å². The number of amides is 1. The molecule has 7 nitrogen and oxygen atoms in total. The second-order valence-electron chi connectivity index (χ2n) is 7.17. The number of piperidine rings is 1. The average molecular weight is 466 g/mol. The van der Waals surface area contributed by atoms with Gasteiger partial charge in [-0.3, -0.25) is 9.59 Å². The highest BCUT2D eigenvalue weighted by Crippen LogP contribution is 2.28. The van der Waals surface area contributed by atoms with Crippen LogP contribution in [-0.2, 0) is 17.1 Å². The van der Waals surface area contributed by atoms with E-state index in [0.717, 1.165) is 40.8 Å². The summed E-state index contributed by atoms with van der Waals surface area (Å²) in [7, 11) is -2.07. The van der Waals surface area contributed by atoms with Gasteiger partial charge >= 0.3 is 4.87 Å². The van der Waals surface area contributed by atoms with Crippen LogP contribution >= 0.6 is 22.9 Å². The van der Waals surface area contributed by atoms with Crippen LogP contribution < -0.4 is 10.2 Å². The quantitative estimate of drug-likeness (QED) is 0.636. The Kier molecular flexibility index (Phi) is 5.71. The number of sulfonamides is 1. The van der Waals surface area contributed by atoms with Crippen molar-refractivity contribution in [3.05, 3.63) is 56.7 Å². The number of benzene rings is 2. The molecule has 158 valence electrons. The van der Waals surface area contributed by atoms with Gasteiger partial charge in [-0.25, -0.2) is 8.42 Å². The van der Waals surface area contributed by atoms with Gasteiger partial charge in [-0.2, -0.15) is 4.31 Å². The molecule has 1 N–H and O–H groups in total. The first-order valence-electron chi connectivity index (χ1n) is 9.48. The van der Waals surface area contributed by atoms with Crippen LogP contribution in [0.2, 0.25) is 5.02 Å². The number of hydrogen-bond acceptors (Lipinski definition) is 5. The molecule has 1 aromatic heterocycles. The lowest BCUT2D eigenvalue weighted by atomic mass is 10.2. The van der Waals surface area contributed by atoms with E-state index >= 15 is 0 Å². The zero-order valence-electron chi connectivity index (χ0n) is 16.2. The van der Waals surface area contributed by atoms with Crippen molar-refractivity contribution in [2.45, 2.75) is 24.2 Å². The number of nitrogens with zero attached hydrogens (tertiary/aromatic N) is 2. The third-order valence-corrected chi connectivity index (χ3v) is 8.55. The lowest BCUT2D eigenvalue weighted by Crippen LogP contribution is -2.35. The van der Waals surface area contributed by atoms with Crippen LogP contribution in [0.25, 0.3) is 10.2 Å². The van der Waals surface area contributed by atoms with Crippen molar-refractivity contribution in [2.24, 2.45) is 7.05 Å². The molecule has 0 unspecified atom stereocenters. The molecule has 0 spiro atoms. The van der Waals surface area contributed by atoms with E-state index in [-0.39, 0.29) is 20.4 Å². The van der Waals surface area contributed by atoms with Gasteiger partial charge in [-0.05, 0) is 49.2 Å². The second-order valence-corrected chi connectivity index (χ2v) is 10.5. The molecule has 10 heteroatoms. The summed E-state index contributed by atoms with van der Waals surface area (Å²) < 4.78 is 29.7. The van der Waals surface area contributed by atoms with Crippen molar-refractivity contribution in [1.29, 1.82) is 0 Å². The van der Waals surface area contributed by atoms with E-state index in [0.29, 0.717) is 18.8 Å². The Morgan fingerprint density at radius 3 is 2.57 bits per heavy atom. The van der Waals surface area contributed by atoms with Gasteiger partial charge in [0.25, 0.3) is 5.91 Å². The second kappa shape index (κ2) is 8.14. The fraction of sp³-hybridized carbons (Fsp3) is 0.300. The number of aryl methyl sites for hydroxylation is 1. The topological polar surface area (TPSA) is 88.5 Å². The molecule has 3 aromatic rings. The Labute approximate surface area is 182 Å². The van der Waals surface area contributed by atoms with Crippen LogP contribution in [0.1, 0.15) is 29.6 Å². The van der Waals surface area contributed by atoms with Crippen LogP contribution in [0.15, 0.2) is 46.1 Å². The van der Waals surface area contributed by atoms with Crippen LogP contribution in [0.4, 0.5) is 5.69 Å². The van der Waals surface area contributed by atoms with Gasteiger partial charge in [0.05, 0.1) is 15.2 Å². The van der Waals surface area contributed by atoms with Gasteiger partial charge in [0.1, 0.15) is 4.90 Å². The summed E-state index contributed by atoms with van der Waals surface area (Å²) in [4.78, 5) is 24.4. The predicted octanol–water partition coefficient (Wildman–Crippen LogP) is 3.68. The molecule has 1 fully saturated rings. The standard InChI is InChI=1S/C20H20ClN3O4S2/c1-23-16-8-6-14(12-17(16)29-20(23)26)22-19(25)13-5-7-15(21)18(11-13)30(27,28)24-9-3-2-4-10-24/h5-8,11-12H,2-4,9-10H2,1H3,(H,22,25). The normalized spacial score (nSPS) is 15.4. The highest BCUT2D eigenvalue weighted by Gasteiger charge is 2.28. The first-order chi connectivity index (χ1) is 14.3. The first kappa shape index (κ1) is 21.0. The fourth-order valence-electron chi connectivity index (χ4n) is 3.50. The van der Waals surface area contributed by atoms with Crippen LogP contribution in [0.3, 0.4) is 0 Å². The SMILES string of the molecule is Cn1c(=O)sc2cc(NC(=O)c3ccc(Cl)c(S(=O)(=O)N4CCCCC4)c3)ccc21. The monoisotopic (exact) mass is 465 g/mol. The van der Waals surface area contributed by atoms with Gasteiger partial charge in [0.2, 0.25) is 10.0 Å². The number of halogens is 1. The number of rotatable bonds is 4. The van der Waals surface area contributed by atoms with E-state index in [1.807, 2.05) is 0 Å². The minimum atomic E-state index is -3.77. The summed E-state index contributed by atoms with van der Waals surface area (Å²) in [5.74, 6) is -0.454. The summed E-state index contributed by atoms with van der Waals surface area (Å²) >= 11 is 7.27. The van der Waals surface area contributed by atoms with E-state index in [1.54, 1.807) is 29.8 Å². The fourth-order valence-corrected chi connectivity index (χ4v) is 6.44. The molecule has 30 heavy (non-hydrogen) atoms. The van der Waals surface area contributed by atoms with Gasteiger partial charge in [-0.1, -0.05) is 29.4 Å². The van der Waals surface area contributed by atoms with E-state index < -0.39 is 15.9 Å². The molecule has 1 aliphatic rings. The van der Waals surface area contributed by atoms with Crippen molar-refractivity contribution >= 4 is 54.8 Å². The molecule has 0 aliphatic carbocycles. The molecular weight excluding hydrogens is 446 g/mol. The molecule has 0 atom stereocenters. The van der Waals surface area contributed by atoms with Crippen LogP contribution in [0.5, 0.6) is 0 Å². The van der Waals surface area contributed by atoms with Crippen LogP contribution in [-0.4, -0.2) is 36.3 Å². The number of thiazole rings is 1. The van der Waals surface area contributed by atoms with Gasteiger partial charge < -0.3 is 9.88 Å². The minimum absolute atomic E-state index is 0.0598. The maximum absolute atomic E-state index is 13.0. The average Bonchev–Trinajstić information content (AvgIpc) is 3.02. The number of aromatic nitrogens is 1. The summed E-state index contributed by atoms with van der Waals surface area (Å²) in [5.41, 5.74) is 1.49. The number of fused-ring (bicyclic) bond motifs is 1. The zero-order chi connectivity index (χ0) is 21.5. The number of carbonyl (C=O) groups excluding carboxylic acids is 1. The molecule has 2 aromatic carbocycles. The molecule has 2 heterocycles. The number of anilines is 1. The molecular formula is C20H20ClN3O4S2. The van der Waals surface area contributed by atoms with Crippen molar-refractivity contribution in [3.8, 4) is 0 Å². The first-order valence-corrected chi connectivity index (χ1v) is 12.1. The summed E-state index contributed by atoms with van der Waals surface area (Å²) in [6.07, 6.45) is 2.62. The molecule has 1 aliphatic heterocycles. The van der Waals surface area contributed by atoms with Gasteiger partial charge in [-0.15, -0.1) is 0 Å². The smallest absolute Gasteiger partial charge is 0.307 e. The molecule has 0 bridgehead atoms. The van der Waals surface area contributed by atoms with Crippen LogP contribution in [0, 0.1) is 0 Å². The maximum Gasteiger partial charge on any atom is 0.307 e. The van der Waals surface area contributed by atoms with Gasteiger partial charge in [0, 0.05) is 31.4 Å². The number of carbonyl (C=O) groups is 1. The third-order valence-electron chi connectivity index (χ3n) is 5.18. The molecule has 0 saturated carbocycles. The van der Waals surface area contributed by atoms with Crippen molar-refractivity contribution in [2.75, 3.05) is 18.4 Å². The van der Waals surface area contributed by atoms with E-state index in [4.69, 9.17) is 11.6 Å². The Balaban J connectivity index is 1.62. The predicted molar refractivity (Wildman–Crippen MR) is 119 cm³/mol. The Morgan fingerprint density at radius 1 is 1.10 bits per heavy atom. The number of hydrogen-bond donors (Lipinski definition) is 1.